The summed E-state index contributed by atoms with van der Waals surface area (Å²) < 4.78 is 0. The van der Waals surface area contributed by atoms with Gasteiger partial charge in [0.25, 0.3) is 0 Å². The van der Waals surface area contributed by atoms with Crippen molar-refractivity contribution in [3.8, 4) is 11.3 Å². The number of aryl methyl sites for hydroxylation is 2. The zero-order valence-corrected chi connectivity index (χ0v) is 17.7. The number of pyridine rings is 1. The van der Waals surface area contributed by atoms with E-state index in [0.29, 0.717) is 0 Å². The first-order valence-electron chi connectivity index (χ1n) is 9.74. The summed E-state index contributed by atoms with van der Waals surface area (Å²) in [5, 5.41) is 4.25. The summed E-state index contributed by atoms with van der Waals surface area (Å²) in [6.07, 6.45) is 1.97. The lowest BCUT2D eigenvalue weighted by molar-refractivity contribution is 1.22. The van der Waals surface area contributed by atoms with Gasteiger partial charge in [0.1, 0.15) is 8.07 Å². The van der Waals surface area contributed by atoms with Crippen LogP contribution in [0.2, 0.25) is 6.55 Å². The molecule has 0 amide bonds. The topological polar surface area (TPSA) is 12.9 Å². The summed E-state index contributed by atoms with van der Waals surface area (Å²) in [6, 6.07) is 33.1. The number of benzene rings is 3. The van der Waals surface area contributed by atoms with Crippen LogP contribution >= 0.6 is 0 Å². The molecule has 0 bridgehead atoms. The van der Waals surface area contributed by atoms with Crippen LogP contribution in [-0.4, -0.2) is 13.1 Å². The van der Waals surface area contributed by atoms with Gasteiger partial charge in [-0.05, 0) is 46.6 Å². The average molecular weight is 380 g/mol. The summed E-state index contributed by atoms with van der Waals surface area (Å²) in [5.74, 6) is 0. The molecular formula is C26H25NSi. The van der Waals surface area contributed by atoms with Crippen molar-refractivity contribution in [1.82, 2.24) is 4.98 Å². The second-order valence-electron chi connectivity index (χ2n) is 7.59. The first kappa shape index (κ1) is 18.4. The van der Waals surface area contributed by atoms with E-state index in [4.69, 9.17) is 4.98 Å². The van der Waals surface area contributed by atoms with Gasteiger partial charge in [0.05, 0.1) is 5.69 Å². The van der Waals surface area contributed by atoms with Gasteiger partial charge in [0.2, 0.25) is 0 Å². The Morgan fingerprint density at radius 1 is 0.607 bits per heavy atom. The number of hydrogen-bond acceptors (Lipinski definition) is 1. The van der Waals surface area contributed by atoms with Crippen molar-refractivity contribution in [2.45, 2.75) is 20.4 Å². The molecule has 0 saturated carbocycles. The Morgan fingerprint density at radius 2 is 1.18 bits per heavy atom. The normalized spacial score (nSPS) is 11.4. The van der Waals surface area contributed by atoms with E-state index in [1.807, 2.05) is 6.20 Å². The Bertz CT molecular complexity index is 1050. The number of hydrogen-bond donors (Lipinski definition) is 0. The van der Waals surface area contributed by atoms with Crippen LogP contribution < -0.4 is 15.6 Å². The summed E-state index contributed by atoms with van der Waals surface area (Å²) >= 11 is 0. The van der Waals surface area contributed by atoms with Gasteiger partial charge in [-0.25, -0.2) is 0 Å². The molecule has 4 rings (SSSR count). The van der Waals surface area contributed by atoms with E-state index in [-0.39, 0.29) is 0 Å². The van der Waals surface area contributed by atoms with Gasteiger partial charge in [0.15, 0.2) is 0 Å². The van der Waals surface area contributed by atoms with Crippen molar-refractivity contribution in [2.24, 2.45) is 0 Å². The molecule has 0 fully saturated rings. The smallest absolute Gasteiger partial charge is 0.145 e. The van der Waals surface area contributed by atoms with Crippen molar-refractivity contribution in [1.29, 1.82) is 0 Å². The molecular weight excluding hydrogens is 354 g/mol. The van der Waals surface area contributed by atoms with Gasteiger partial charge >= 0.3 is 0 Å². The van der Waals surface area contributed by atoms with Crippen LogP contribution in [0.5, 0.6) is 0 Å². The van der Waals surface area contributed by atoms with Crippen LogP contribution in [-0.2, 0) is 0 Å². The lowest BCUT2D eigenvalue weighted by Crippen LogP contribution is -2.64. The summed E-state index contributed by atoms with van der Waals surface area (Å²) in [5.41, 5.74) is 4.74. The highest BCUT2D eigenvalue weighted by Crippen LogP contribution is 2.20. The Balaban J connectivity index is 1.90. The molecule has 3 aromatic carbocycles. The Kier molecular flexibility index (Phi) is 4.97. The summed E-state index contributed by atoms with van der Waals surface area (Å²) in [6.45, 7) is 6.71. The molecule has 0 unspecified atom stereocenters. The molecule has 138 valence electrons. The molecule has 0 atom stereocenters. The van der Waals surface area contributed by atoms with Crippen LogP contribution in [0.25, 0.3) is 11.3 Å². The standard InChI is InChI=1S/C26H25NSi/c1-20-17-26(27-19-21(20)2)22-11-10-16-25(18-22)28(3,23-12-6-4-7-13-23)24-14-8-5-9-15-24/h4-19H,1-3H3. The highest BCUT2D eigenvalue weighted by atomic mass is 28.3. The van der Waals surface area contributed by atoms with E-state index in [9.17, 15) is 0 Å². The molecule has 0 saturated heterocycles. The molecule has 0 spiro atoms. The minimum Gasteiger partial charge on any atom is -0.256 e. The third-order valence-corrected chi connectivity index (χ3v) is 10.3. The quantitative estimate of drug-likeness (QED) is 0.377. The predicted molar refractivity (Wildman–Crippen MR) is 123 cm³/mol. The molecule has 2 heteroatoms. The third-order valence-electron chi connectivity index (χ3n) is 5.81. The van der Waals surface area contributed by atoms with Gasteiger partial charge in [0, 0.05) is 11.8 Å². The maximum Gasteiger partial charge on any atom is 0.145 e. The fourth-order valence-electron chi connectivity index (χ4n) is 3.81. The Labute approximate surface area is 168 Å². The largest absolute Gasteiger partial charge is 0.256 e. The molecule has 0 aliphatic heterocycles. The molecule has 28 heavy (non-hydrogen) atoms. The Hall–Kier alpha value is -2.97. The second-order valence-corrected chi connectivity index (χ2v) is 11.6. The molecule has 0 aliphatic carbocycles. The average Bonchev–Trinajstić information content (AvgIpc) is 2.76. The fraction of sp³-hybridized carbons (Fsp3) is 0.115. The molecule has 0 aliphatic rings. The van der Waals surface area contributed by atoms with Crippen LogP contribution in [0.1, 0.15) is 11.1 Å². The SMILES string of the molecule is Cc1cnc(-c2cccc([Si](C)(c3ccccc3)c3ccccc3)c2)cc1C. The van der Waals surface area contributed by atoms with Crippen LogP contribution in [0.4, 0.5) is 0 Å². The number of rotatable bonds is 4. The van der Waals surface area contributed by atoms with E-state index in [0.717, 1.165) is 5.69 Å². The molecule has 4 aromatic rings. The number of nitrogens with zero attached hydrogens (tertiary/aromatic N) is 1. The van der Waals surface area contributed by atoms with E-state index in [1.54, 1.807) is 0 Å². The predicted octanol–water partition coefficient (Wildman–Crippen LogP) is 4.47. The van der Waals surface area contributed by atoms with Crippen molar-refractivity contribution in [3.63, 3.8) is 0 Å². The van der Waals surface area contributed by atoms with Crippen molar-refractivity contribution in [3.05, 3.63) is 108 Å². The molecule has 0 N–H and O–H groups in total. The highest BCUT2D eigenvalue weighted by Gasteiger charge is 2.34. The van der Waals surface area contributed by atoms with E-state index in [2.05, 4.69) is 111 Å². The highest BCUT2D eigenvalue weighted by molar-refractivity contribution is 7.10. The fourth-order valence-corrected chi connectivity index (χ4v) is 7.41. The van der Waals surface area contributed by atoms with E-state index in [1.165, 1.54) is 32.3 Å². The molecule has 1 nitrogen and oxygen atoms in total. The molecule has 0 radical (unpaired) electrons. The monoisotopic (exact) mass is 379 g/mol. The van der Waals surface area contributed by atoms with Gasteiger partial charge in [-0.15, -0.1) is 0 Å². The van der Waals surface area contributed by atoms with E-state index < -0.39 is 8.07 Å². The Morgan fingerprint density at radius 3 is 1.75 bits per heavy atom. The summed E-state index contributed by atoms with van der Waals surface area (Å²) in [4.78, 5) is 4.69. The minimum atomic E-state index is -2.09. The van der Waals surface area contributed by atoms with Crippen LogP contribution in [0.3, 0.4) is 0 Å². The van der Waals surface area contributed by atoms with Crippen LogP contribution in [0.15, 0.2) is 97.2 Å². The van der Waals surface area contributed by atoms with Crippen molar-refractivity contribution >= 4 is 23.6 Å². The van der Waals surface area contributed by atoms with Gasteiger partial charge in [-0.2, -0.15) is 0 Å². The lowest BCUT2D eigenvalue weighted by Gasteiger charge is -2.30. The maximum atomic E-state index is 4.69. The van der Waals surface area contributed by atoms with E-state index >= 15 is 0 Å². The summed E-state index contributed by atoms with van der Waals surface area (Å²) in [7, 11) is -2.09. The first-order chi connectivity index (χ1) is 13.6. The second kappa shape index (κ2) is 7.57. The number of aromatic nitrogens is 1. The first-order valence-corrected chi connectivity index (χ1v) is 12.2. The molecule has 1 heterocycles. The maximum absolute atomic E-state index is 4.69. The van der Waals surface area contributed by atoms with Crippen LogP contribution in [0, 0.1) is 13.8 Å². The minimum absolute atomic E-state index is 1.04. The van der Waals surface area contributed by atoms with Gasteiger partial charge < -0.3 is 0 Å². The van der Waals surface area contributed by atoms with Crippen molar-refractivity contribution in [2.75, 3.05) is 0 Å². The zero-order valence-electron chi connectivity index (χ0n) is 16.7. The third kappa shape index (κ3) is 3.32. The lowest BCUT2D eigenvalue weighted by atomic mass is 10.1. The zero-order chi connectivity index (χ0) is 19.6. The van der Waals surface area contributed by atoms with Gasteiger partial charge in [-0.3, -0.25) is 4.98 Å². The van der Waals surface area contributed by atoms with Gasteiger partial charge in [-0.1, -0.05) is 91.5 Å². The van der Waals surface area contributed by atoms with Crippen molar-refractivity contribution < 1.29 is 0 Å². The molecule has 1 aromatic heterocycles.